The lowest BCUT2D eigenvalue weighted by Gasteiger charge is -2.23. The monoisotopic (exact) mass is 302 g/mol. The van der Waals surface area contributed by atoms with Crippen molar-refractivity contribution in [3.63, 3.8) is 0 Å². The Labute approximate surface area is 125 Å². The number of ether oxygens (including phenoxy) is 1. The Hall–Kier alpha value is -2.34. The van der Waals surface area contributed by atoms with Gasteiger partial charge >= 0.3 is 0 Å². The minimum atomic E-state index is -0.516. The van der Waals surface area contributed by atoms with E-state index in [4.69, 9.17) is 10.5 Å². The minimum absolute atomic E-state index is 0.00866. The molecule has 5 nitrogen and oxygen atoms in total. The zero-order chi connectivity index (χ0) is 14.8. The molecule has 0 bridgehead atoms. The van der Waals surface area contributed by atoms with E-state index in [0.29, 0.717) is 12.2 Å². The molecular formula is C15H14N2O3S. The van der Waals surface area contributed by atoms with Crippen molar-refractivity contribution in [2.75, 3.05) is 11.9 Å². The van der Waals surface area contributed by atoms with Crippen molar-refractivity contribution in [3.05, 3.63) is 46.2 Å². The summed E-state index contributed by atoms with van der Waals surface area (Å²) in [5, 5.41) is 4.84. The summed E-state index contributed by atoms with van der Waals surface area (Å²) in [6, 6.07) is 9.35. The van der Waals surface area contributed by atoms with Crippen LogP contribution in [0.5, 0.6) is 5.75 Å². The molecule has 2 heterocycles. The highest BCUT2D eigenvalue weighted by Crippen LogP contribution is 2.41. The van der Waals surface area contributed by atoms with Gasteiger partial charge in [-0.15, -0.1) is 11.3 Å². The maximum Gasteiger partial charge on any atom is 0.255 e. The second-order valence-corrected chi connectivity index (χ2v) is 5.78. The van der Waals surface area contributed by atoms with Gasteiger partial charge in [0.05, 0.1) is 5.69 Å². The lowest BCUT2D eigenvalue weighted by Crippen LogP contribution is -2.22. The van der Waals surface area contributed by atoms with Crippen molar-refractivity contribution in [1.29, 1.82) is 0 Å². The van der Waals surface area contributed by atoms with Crippen LogP contribution in [0.1, 0.15) is 22.8 Å². The van der Waals surface area contributed by atoms with Crippen molar-refractivity contribution >= 4 is 28.8 Å². The van der Waals surface area contributed by atoms with E-state index in [2.05, 4.69) is 5.32 Å². The molecule has 6 heteroatoms. The van der Waals surface area contributed by atoms with Gasteiger partial charge in [-0.25, -0.2) is 0 Å². The van der Waals surface area contributed by atoms with Gasteiger partial charge in [0.1, 0.15) is 5.75 Å². The smallest absolute Gasteiger partial charge is 0.255 e. The van der Waals surface area contributed by atoms with Gasteiger partial charge in [0.25, 0.3) is 5.91 Å². The maximum absolute atomic E-state index is 11.8. The number of rotatable bonds is 4. The van der Waals surface area contributed by atoms with Crippen molar-refractivity contribution < 1.29 is 14.3 Å². The number of carbonyl (C=O) groups is 2. The second-order valence-electron chi connectivity index (χ2n) is 4.83. The molecule has 0 fully saturated rings. The van der Waals surface area contributed by atoms with Crippen LogP contribution >= 0.6 is 11.3 Å². The van der Waals surface area contributed by atoms with E-state index >= 15 is 0 Å². The zero-order valence-corrected chi connectivity index (χ0v) is 12.0. The fourth-order valence-electron chi connectivity index (χ4n) is 2.42. The third kappa shape index (κ3) is 2.90. The first-order valence-corrected chi connectivity index (χ1v) is 7.40. The molecule has 1 aliphatic rings. The number of hydrogen-bond acceptors (Lipinski definition) is 4. The van der Waals surface area contributed by atoms with Crippen LogP contribution in [0, 0.1) is 0 Å². The van der Waals surface area contributed by atoms with Crippen LogP contribution in [0.2, 0.25) is 0 Å². The number of nitrogens with two attached hydrogens (primary N) is 1. The Morgan fingerprint density at radius 3 is 3.10 bits per heavy atom. The summed E-state index contributed by atoms with van der Waals surface area (Å²) in [6.07, 6.45) is 0.410. The van der Waals surface area contributed by atoms with E-state index < -0.39 is 5.91 Å². The molecule has 1 aromatic heterocycles. The maximum atomic E-state index is 11.8. The standard InChI is InChI=1S/C15H14N2O3S/c16-13(18)8-20-10-3-1-2-9(6-10)11-7-14(19)17-12-4-5-21-15(11)12/h1-6,11H,7-8H2,(H2,16,18)(H,17,19)/t11-/m1/s1. The highest BCUT2D eigenvalue weighted by molar-refractivity contribution is 7.10. The minimum Gasteiger partial charge on any atom is -0.484 e. The van der Waals surface area contributed by atoms with Crippen molar-refractivity contribution in [2.45, 2.75) is 12.3 Å². The van der Waals surface area contributed by atoms with Gasteiger partial charge in [0.2, 0.25) is 5.91 Å². The molecule has 1 aliphatic heterocycles. The molecule has 3 N–H and O–H groups in total. The van der Waals surface area contributed by atoms with Crippen LogP contribution in [-0.4, -0.2) is 18.4 Å². The highest BCUT2D eigenvalue weighted by Gasteiger charge is 2.27. The number of thiophene rings is 1. The Morgan fingerprint density at radius 2 is 2.29 bits per heavy atom. The molecule has 0 aliphatic carbocycles. The predicted molar refractivity (Wildman–Crippen MR) is 80.5 cm³/mol. The first kappa shape index (κ1) is 13.6. The average molecular weight is 302 g/mol. The summed E-state index contributed by atoms with van der Waals surface area (Å²) in [4.78, 5) is 23.7. The molecule has 2 amide bonds. The van der Waals surface area contributed by atoms with E-state index in [1.807, 2.05) is 29.6 Å². The Morgan fingerprint density at radius 1 is 1.43 bits per heavy atom. The van der Waals surface area contributed by atoms with Crippen LogP contribution in [-0.2, 0) is 9.59 Å². The topological polar surface area (TPSA) is 81.4 Å². The molecule has 1 aromatic carbocycles. The fourth-order valence-corrected chi connectivity index (χ4v) is 3.40. The van der Waals surface area contributed by atoms with E-state index in [0.717, 1.165) is 16.1 Å². The summed E-state index contributed by atoms with van der Waals surface area (Å²) in [7, 11) is 0. The predicted octanol–water partition coefficient (Wildman–Crippen LogP) is 2.09. The summed E-state index contributed by atoms with van der Waals surface area (Å²) >= 11 is 1.62. The first-order valence-electron chi connectivity index (χ1n) is 6.52. The van der Waals surface area contributed by atoms with Gasteiger partial charge in [0, 0.05) is 17.2 Å². The van der Waals surface area contributed by atoms with Crippen LogP contribution in [0.25, 0.3) is 0 Å². The van der Waals surface area contributed by atoms with Gasteiger partial charge in [-0.05, 0) is 29.1 Å². The third-order valence-electron chi connectivity index (χ3n) is 3.32. The van der Waals surface area contributed by atoms with Gasteiger partial charge in [-0.3, -0.25) is 9.59 Å². The molecule has 3 rings (SSSR count). The first-order chi connectivity index (χ1) is 10.1. The largest absolute Gasteiger partial charge is 0.484 e. The summed E-state index contributed by atoms with van der Waals surface area (Å²) in [5.74, 6) is 0.0913. The molecule has 0 radical (unpaired) electrons. The van der Waals surface area contributed by atoms with E-state index in [9.17, 15) is 9.59 Å². The molecule has 1 atom stereocenters. The van der Waals surface area contributed by atoms with Crippen molar-refractivity contribution in [2.24, 2.45) is 5.73 Å². The second kappa shape index (κ2) is 5.57. The molecule has 2 aromatic rings. The SMILES string of the molecule is NC(=O)COc1cccc([C@H]2CC(=O)Nc3ccsc32)c1. The molecule has 0 saturated carbocycles. The number of anilines is 1. The van der Waals surface area contributed by atoms with Crippen LogP contribution in [0.3, 0.4) is 0 Å². The van der Waals surface area contributed by atoms with Gasteiger partial charge in [-0.2, -0.15) is 0 Å². The van der Waals surface area contributed by atoms with Gasteiger partial charge in [0.15, 0.2) is 6.61 Å². The number of amides is 2. The van der Waals surface area contributed by atoms with Crippen LogP contribution in [0.4, 0.5) is 5.69 Å². The Balaban J connectivity index is 1.89. The summed E-state index contributed by atoms with van der Waals surface area (Å²) < 4.78 is 5.32. The van der Waals surface area contributed by atoms with Crippen molar-refractivity contribution in [1.82, 2.24) is 0 Å². The van der Waals surface area contributed by atoms with Crippen LogP contribution in [0.15, 0.2) is 35.7 Å². The quantitative estimate of drug-likeness (QED) is 0.907. The van der Waals surface area contributed by atoms with Gasteiger partial charge < -0.3 is 15.8 Å². The number of hydrogen-bond donors (Lipinski definition) is 2. The molecule has 0 spiro atoms. The lowest BCUT2D eigenvalue weighted by molar-refractivity contribution is -0.120. The zero-order valence-electron chi connectivity index (χ0n) is 11.2. The van der Waals surface area contributed by atoms with E-state index in [-0.39, 0.29) is 18.4 Å². The van der Waals surface area contributed by atoms with Gasteiger partial charge in [-0.1, -0.05) is 12.1 Å². The molecule has 108 valence electrons. The van der Waals surface area contributed by atoms with E-state index in [1.165, 1.54) is 0 Å². The summed E-state index contributed by atoms with van der Waals surface area (Å²) in [5.41, 5.74) is 6.95. The normalized spacial score (nSPS) is 17.0. The van der Waals surface area contributed by atoms with Crippen LogP contribution < -0.4 is 15.8 Å². The molecule has 0 unspecified atom stereocenters. The lowest BCUT2D eigenvalue weighted by atomic mass is 9.90. The number of fused-ring (bicyclic) bond motifs is 1. The number of primary amides is 1. The fraction of sp³-hybridized carbons (Fsp3) is 0.200. The average Bonchev–Trinajstić information content (AvgIpc) is 2.92. The third-order valence-corrected chi connectivity index (χ3v) is 4.35. The number of nitrogens with one attached hydrogen (secondary N) is 1. The van der Waals surface area contributed by atoms with Crippen molar-refractivity contribution in [3.8, 4) is 5.75 Å². The molecule has 0 saturated heterocycles. The number of benzene rings is 1. The Bertz CT molecular complexity index is 696. The summed E-state index contributed by atoms with van der Waals surface area (Å²) in [6.45, 7) is -0.154. The molecule has 21 heavy (non-hydrogen) atoms. The highest BCUT2D eigenvalue weighted by atomic mass is 32.1. The molecular weight excluding hydrogens is 288 g/mol. The number of carbonyl (C=O) groups excluding carboxylic acids is 2. The van der Waals surface area contributed by atoms with E-state index in [1.54, 1.807) is 17.4 Å². The Kier molecular flexibility index (Phi) is 3.62.